The van der Waals surface area contributed by atoms with E-state index in [-0.39, 0.29) is 17.2 Å². The second-order valence-corrected chi connectivity index (χ2v) is 9.68. The average molecular weight is 530 g/mol. The number of halogens is 2. The molecule has 1 aliphatic rings. The molecule has 4 aromatic rings. The van der Waals surface area contributed by atoms with Gasteiger partial charge in [0.05, 0.1) is 29.7 Å². The molecule has 1 amide bonds. The number of nitrogens with zero attached hydrogens (tertiary/aromatic N) is 4. The smallest absolute Gasteiger partial charge is 0.240 e. The zero-order valence-electron chi connectivity index (χ0n) is 20.4. The normalized spacial score (nSPS) is 16.0. The number of phenolic OH excluding ortho intramolecular Hbond substituents is 1. The van der Waals surface area contributed by atoms with Crippen LogP contribution in [0.15, 0.2) is 79.3 Å². The number of nitriles is 1. The number of likely N-dealkylation sites (tertiary alicyclic amines) is 1. The van der Waals surface area contributed by atoms with Gasteiger partial charge in [0.25, 0.3) is 0 Å². The SMILES string of the molecule is N#Cc1ccc(Cn2cncc2CN[C@H]2CCN([C@H](c3cccc(O)c3)c3cccc(Cl)c3)C2=O)cc1F. The fraction of sp³-hybridized carbons (Fsp3) is 0.207. The maximum atomic E-state index is 14.0. The molecule has 2 atom stereocenters. The highest BCUT2D eigenvalue weighted by atomic mass is 35.5. The summed E-state index contributed by atoms with van der Waals surface area (Å²) in [5.41, 5.74) is 3.23. The molecule has 1 fully saturated rings. The van der Waals surface area contributed by atoms with Gasteiger partial charge < -0.3 is 19.9 Å². The Kier molecular flexibility index (Phi) is 7.40. The van der Waals surface area contributed by atoms with Gasteiger partial charge in [-0.05, 0) is 59.5 Å². The molecule has 0 bridgehead atoms. The Bertz CT molecular complexity index is 1470. The molecule has 7 nitrogen and oxygen atoms in total. The number of imidazole rings is 1. The largest absolute Gasteiger partial charge is 0.508 e. The lowest BCUT2D eigenvalue weighted by molar-refractivity contribution is -0.130. The predicted molar refractivity (Wildman–Crippen MR) is 141 cm³/mol. The first-order valence-corrected chi connectivity index (χ1v) is 12.6. The van der Waals surface area contributed by atoms with Crippen LogP contribution in [0.4, 0.5) is 4.39 Å². The third-order valence-corrected chi connectivity index (χ3v) is 6.97. The molecular formula is C29H25ClFN5O2. The van der Waals surface area contributed by atoms with Gasteiger partial charge in [0.1, 0.15) is 17.6 Å². The standard InChI is InChI=1S/C29H25ClFN5O2/c30-23-5-1-3-20(12-23)28(21-4-2-6-25(37)13-21)36-10-9-27(29(36)38)34-16-24-15-33-18-35(24)17-19-7-8-22(14-32)26(31)11-19/h1-8,11-13,15,18,27-28,34,37H,9-10,16-17H2/t27-,28-/m0/s1. The van der Waals surface area contributed by atoms with Crippen LogP contribution in [0.5, 0.6) is 5.75 Å². The van der Waals surface area contributed by atoms with Crippen LogP contribution in [0.1, 0.15) is 40.4 Å². The van der Waals surface area contributed by atoms with E-state index >= 15 is 0 Å². The summed E-state index contributed by atoms with van der Waals surface area (Å²) in [6.45, 7) is 1.32. The van der Waals surface area contributed by atoms with Crippen molar-refractivity contribution in [1.82, 2.24) is 19.8 Å². The van der Waals surface area contributed by atoms with E-state index in [0.717, 1.165) is 16.8 Å². The number of carbonyl (C=O) groups excluding carboxylic acids is 1. The highest BCUT2D eigenvalue weighted by Crippen LogP contribution is 2.34. The predicted octanol–water partition coefficient (Wildman–Crippen LogP) is 4.78. The molecule has 1 aliphatic heterocycles. The zero-order chi connectivity index (χ0) is 26.6. The summed E-state index contributed by atoms with van der Waals surface area (Å²) in [6.07, 6.45) is 3.99. The van der Waals surface area contributed by atoms with Gasteiger partial charge in [-0.1, -0.05) is 41.9 Å². The number of amides is 1. The molecule has 2 heterocycles. The summed E-state index contributed by atoms with van der Waals surface area (Å²) in [5, 5.41) is 23.0. The maximum absolute atomic E-state index is 14.0. The summed E-state index contributed by atoms with van der Waals surface area (Å²) in [6, 6.07) is 19.9. The first-order valence-electron chi connectivity index (χ1n) is 12.2. The number of benzene rings is 3. The van der Waals surface area contributed by atoms with Gasteiger partial charge in [-0.3, -0.25) is 4.79 Å². The number of phenols is 1. The Hall–Kier alpha value is -4.19. The van der Waals surface area contributed by atoms with Gasteiger partial charge >= 0.3 is 0 Å². The van der Waals surface area contributed by atoms with E-state index in [1.807, 2.05) is 39.8 Å². The van der Waals surface area contributed by atoms with E-state index in [1.165, 1.54) is 12.1 Å². The minimum absolute atomic E-state index is 0.00682. The van der Waals surface area contributed by atoms with Crippen LogP contribution in [0.25, 0.3) is 0 Å². The highest BCUT2D eigenvalue weighted by molar-refractivity contribution is 6.30. The Morgan fingerprint density at radius 1 is 1.16 bits per heavy atom. The van der Waals surface area contributed by atoms with Gasteiger partial charge in [0.15, 0.2) is 0 Å². The van der Waals surface area contributed by atoms with Gasteiger partial charge in [-0.25, -0.2) is 9.37 Å². The van der Waals surface area contributed by atoms with Crippen molar-refractivity contribution in [2.75, 3.05) is 6.54 Å². The molecule has 1 saturated heterocycles. The van der Waals surface area contributed by atoms with E-state index < -0.39 is 17.9 Å². The Morgan fingerprint density at radius 2 is 1.95 bits per heavy atom. The minimum atomic E-state index is -0.553. The molecule has 192 valence electrons. The molecule has 5 rings (SSSR count). The molecule has 38 heavy (non-hydrogen) atoms. The van der Waals surface area contributed by atoms with Crippen molar-refractivity contribution in [2.24, 2.45) is 0 Å². The summed E-state index contributed by atoms with van der Waals surface area (Å²) in [4.78, 5) is 19.6. The zero-order valence-corrected chi connectivity index (χ0v) is 21.1. The molecular weight excluding hydrogens is 505 g/mol. The molecule has 9 heteroatoms. The second kappa shape index (κ2) is 11.1. The third kappa shape index (κ3) is 5.40. The molecule has 0 saturated carbocycles. The van der Waals surface area contributed by atoms with Gasteiger partial charge in [0.2, 0.25) is 5.91 Å². The molecule has 1 aromatic heterocycles. The number of carbonyl (C=O) groups is 1. The number of nitrogens with one attached hydrogen (secondary N) is 1. The van der Waals surface area contributed by atoms with E-state index in [4.69, 9.17) is 16.9 Å². The van der Waals surface area contributed by atoms with Gasteiger partial charge in [-0.15, -0.1) is 0 Å². The minimum Gasteiger partial charge on any atom is -0.508 e. The molecule has 0 aliphatic carbocycles. The van der Waals surface area contributed by atoms with Crippen molar-refractivity contribution in [3.63, 3.8) is 0 Å². The topological polar surface area (TPSA) is 94.2 Å². The Balaban J connectivity index is 1.31. The lowest BCUT2D eigenvalue weighted by Crippen LogP contribution is -2.40. The van der Waals surface area contributed by atoms with Crippen molar-refractivity contribution in [1.29, 1.82) is 5.26 Å². The fourth-order valence-electron chi connectivity index (χ4n) is 4.88. The van der Waals surface area contributed by atoms with Crippen LogP contribution >= 0.6 is 11.6 Å². The van der Waals surface area contributed by atoms with E-state index in [1.54, 1.807) is 42.9 Å². The van der Waals surface area contributed by atoms with Crippen molar-refractivity contribution >= 4 is 17.5 Å². The number of rotatable bonds is 8. The number of aromatic nitrogens is 2. The number of aromatic hydroxyl groups is 1. The number of hydrogen-bond donors (Lipinski definition) is 2. The van der Waals surface area contributed by atoms with Crippen LogP contribution in [0, 0.1) is 17.1 Å². The maximum Gasteiger partial charge on any atom is 0.240 e. The Morgan fingerprint density at radius 3 is 2.68 bits per heavy atom. The summed E-state index contributed by atoms with van der Waals surface area (Å²) in [5.74, 6) is -0.466. The van der Waals surface area contributed by atoms with Gasteiger partial charge in [-0.2, -0.15) is 5.26 Å². The first-order chi connectivity index (χ1) is 18.4. The van der Waals surface area contributed by atoms with E-state index in [0.29, 0.717) is 36.6 Å². The summed E-state index contributed by atoms with van der Waals surface area (Å²) in [7, 11) is 0. The average Bonchev–Trinajstić information content (AvgIpc) is 3.49. The molecule has 2 N–H and O–H groups in total. The van der Waals surface area contributed by atoms with Crippen LogP contribution < -0.4 is 5.32 Å². The molecule has 0 radical (unpaired) electrons. The number of hydrogen-bond acceptors (Lipinski definition) is 5. The summed E-state index contributed by atoms with van der Waals surface area (Å²) < 4.78 is 15.9. The van der Waals surface area contributed by atoms with Crippen molar-refractivity contribution in [3.05, 3.63) is 118 Å². The van der Waals surface area contributed by atoms with Crippen LogP contribution in [0.2, 0.25) is 5.02 Å². The quantitative estimate of drug-likeness (QED) is 0.342. The van der Waals surface area contributed by atoms with Crippen molar-refractivity contribution in [2.45, 2.75) is 31.6 Å². The van der Waals surface area contributed by atoms with Crippen LogP contribution in [-0.2, 0) is 17.9 Å². The van der Waals surface area contributed by atoms with Crippen LogP contribution in [-0.4, -0.2) is 38.1 Å². The first kappa shape index (κ1) is 25.5. The highest BCUT2D eigenvalue weighted by Gasteiger charge is 2.37. The molecule has 0 spiro atoms. The van der Waals surface area contributed by atoms with E-state index in [2.05, 4.69) is 10.3 Å². The molecule has 3 aromatic carbocycles. The van der Waals surface area contributed by atoms with Crippen LogP contribution in [0.3, 0.4) is 0 Å². The summed E-state index contributed by atoms with van der Waals surface area (Å²) >= 11 is 6.27. The monoisotopic (exact) mass is 529 g/mol. The Labute approximate surface area is 224 Å². The fourth-order valence-corrected chi connectivity index (χ4v) is 5.08. The lowest BCUT2D eigenvalue weighted by Gasteiger charge is -2.29. The van der Waals surface area contributed by atoms with Crippen molar-refractivity contribution < 1.29 is 14.3 Å². The third-order valence-electron chi connectivity index (χ3n) is 6.74. The molecule has 0 unspecified atom stereocenters. The lowest BCUT2D eigenvalue weighted by atomic mass is 9.97. The van der Waals surface area contributed by atoms with Gasteiger partial charge in [0, 0.05) is 30.9 Å². The second-order valence-electron chi connectivity index (χ2n) is 9.25. The van der Waals surface area contributed by atoms with E-state index in [9.17, 15) is 14.3 Å². The van der Waals surface area contributed by atoms with Crippen molar-refractivity contribution in [3.8, 4) is 11.8 Å².